The SMILES string of the molecule is CN(CCCCCc1cc(-c2ccccc2)n[nH]1)c1ncccn1. The molecule has 0 atom stereocenters. The summed E-state index contributed by atoms with van der Waals surface area (Å²) in [5, 5.41) is 7.55. The van der Waals surface area contributed by atoms with Crippen molar-refractivity contribution in [2.75, 3.05) is 18.5 Å². The predicted octanol–water partition coefficient (Wildman–Crippen LogP) is 3.72. The number of nitrogens with zero attached hydrogens (tertiary/aromatic N) is 4. The molecule has 1 aromatic carbocycles. The van der Waals surface area contributed by atoms with Crippen LogP contribution in [0, 0.1) is 0 Å². The van der Waals surface area contributed by atoms with Crippen molar-refractivity contribution in [2.45, 2.75) is 25.7 Å². The number of H-pyrrole nitrogens is 1. The minimum Gasteiger partial charge on any atom is -0.344 e. The highest BCUT2D eigenvalue weighted by molar-refractivity contribution is 5.58. The number of unbranched alkanes of at least 4 members (excludes halogenated alkanes) is 2. The van der Waals surface area contributed by atoms with Crippen LogP contribution in [0.3, 0.4) is 0 Å². The summed E-state index contributed by atoms with van der Waals surface area (Å²) in [6.45, 7) is 0.974. The number of benzene rings is 1. The molecule has 3 aromatic rings. The lowest BCUT2D eigenvalue weighted by atomic mass is 10.1. The van der Waals surface area contributed by atoms with Gasteiger partial charge >= 0.3 is 0 Å². The topological polar surface area (TPSA) is 57.7 Å². The first-order chi connectivity index (χ1) is 11.8. The highest BCUT2D eigenvalue weighted by atomic mass is 15.2. The Morgan fingerprint density at radius 2 is 1.75 bits per heavy atom. The predicted molar refractivity (Wildman–Crippen MR) is 96.9 cm³/mol. The van der Waals surface area contributed by atoms with E-state index in [1.807, 2.05) is 31.3 Å². The smallest absolute Gasteiger partial charge is 0.224 e. The van der Waals surface area contributed by atoms with Crippen LogP contribution in [0.5, 0.6) is 0 Å². The van der Waals surface area contributed by atoms with Crippen LogP contribution in [0.2, 0.25) is 0 Å². The van der Waals surface area contributed by atoms with Crippen molar-refractivity contribution in [2.24, 2.45) is 0 Å². The summed E-state index contributed by atoms with van der Waals surface area (Å²) in [6, 6.07) is 14.3. The van der Waals surface area contributed by atoms with Gasteiger partial charge < -0.3 is 4.90 Å². The lowest BCUT2D eigenvalue weighted by molar-refractivity contribution is 0.659. The van der Waals surface area contributed by atoms with E-state index in [9.17, 15) is 0 Å². The van der Waals surface area contributed by atoms with Crippen LogP contribution >= 0.6 is 0 Å². The molecular formula is C19H23N5. The van der Waals surface area contributed by atoms with Crippen molar-refractivity contribution in [3.63, 3.8) is 0 Å². The summed E-state index contributed by atoms with van der Waals surface area (Å²) < 4.78 is 0. The van der Waals surface area contributed by atoms with Crippen LogP contribution in [0.4, 0.5) is 5.95 Å². The van der Waals surface area contributed by atoms with Crippen molar-refractivity contribution in [1.29, 1.82) is 0 Å². The fourth-order valence-electron chi connectivity index (χ4n) is 2.68. The van der Waals surface area contributed by atoms with Crippen molar-refractivity contribution in [3.05, 3.63) is 60.6 Å². The van der Waals surface area contributed by atoms with Crippen LogP contribution < -0.4 is 4.90 Å². The fourth-order valence-corrected chi connectivity index (χ4v) is 2.68. The molecule has 0 aliphatic carbocycles. The van der Waals surface area contributed by atoms with Gasteiger partial charge in [-0.1, -0.05) is 36.8 Å². The Morgan fingerprint density at radius 3 is 2.54 bits per heavy atom. The molecule has 2 aromatic heterocycles. The Hall–Kier alpha value is -2.69. The van der Waals surface area contributed by atoms with Gasteiger partial charge in [0.15, 0.2) is 0 Å². The maximum Gasteiger partial charge on any atom is 0.224 e. The van der Waals surface area contributed by atoms with Gasteiger partial charge in [0.25, 0.3) is 0 Å². The zero-order valence-electron chi connectivity index (χ0n) is 14.0. The van der Waals surface area contributed by atoms with Gasteiger partial charge in [-0.3, -0.25) is 5.10 Å². The molecule has 0 bridgehead atoms. The molecule has 5 heteroatoms. The molecule has 0 fully saturated rings. The van der Waals surface area contributed by atoms with Gasteiger partial charge in [0.1, 0.15) is 0 Å². The third-order valence-electron chi connectivity index (χ3n) is 4.03. The third-order valence-corrected chi connectivity index (χ3v) is 4.03. The lowest BCUT2D eigenvalue weighted by Crippen LogP contribution is -2.20. The molecule has 0 amide bonds. The fraction of sp³-hybridized carbons (Fsp3) is 0.316. The molecule has 0 saturated heterocycles. The minimum absolute atomic E-state index is 0.790. The van der Waals surface area contributed by atoms with Gasteiger partial charge in [0.05, 0.1) is 5.69 Å². The number of aryl methyl sites for hydroxylation is 1. The van der Waals surface area contributed by atoms with Gasteiger partial charge in [-0.2, -0.15) is 5.10 Å². The molecule has 1 N–H and O–H groups in total. The maximum absolute atomic E-state index is 4.40. The van der Waals surface area contributed by atoms with Crippen LogP contribution in [0.15, 0.2) is 54.9 Å². The average molecular weight is 321 g/mol. The third kappa shape index (κ3) is 4.41. The van der Waals surface area contributed by atoms with Gasteiger partial charge in [0.2, 0.25) is 5.95 Å². The van der Waals surface area contributed by atoms with Gasteiger partial charge in [-0.15, -0.1) is 0 Å². The highest BCUT2D eigenvalue weighted by Gasteiger charge is 2.05. The van der Waals surface area contributed by atoms with Gasteiger partial charge in [-0.05, 0) is 31.4 Å². The summed E-state index contributed by atoms with van der Waals surface area (Å²) in [7, 11) is 2.04. The number of anilines is 1. The molecule has 5 nitrogen and oxygen atoms in total. The van der Waals surface area contributed by atoms with Gasteiger partial charge in [0, 0.05) is 37.2 Å². The summed E-state index contributed by atoms with van der Waals surface area (Å²) in [5.41, 5.74) is 3.38. The number of hydrogen-bond acceptors (Lipinski definition) is 4. The minimum atomic E-state index is 0.790. The number of rotatable bonds is 8. The molecule has 3 rings (SSSR count). The normalized spacial score (nSPS) is 10.7. The molecule has 0 saturated carbocycles. The number of aromatic amines is 1. The number of aromatic nitrogens is 4. The zero-order valence-corrected chi connectivity index (χ0v) is 14.0. The molecule has 0 aliphatic heterocycles. The molecule has 124 valence electrons. The van der Waals surface area contributed by atoms with Crippen molar-refractivity contribution < 1.29 is 0 Å². The van der Waals surface area contributed by atoms with Gasteiger partial charge in [-0.25, -0.2) is 9.97 Å². The first kappa shape index (κ1) is 16.2. The largest absolute Gasteiger partial charge is 0.344 e. The summed E-state index contributed by atoms with van der Waals surface area (Å²) in [6.07, 6.45) is 8.05. The van der Waals surface area contributed by atoms with E-state index in [4.69, 9.17) is 0 Å². The average Bonchev–Trinajstić information content (AvgIpc) is 3.12. The monoisotopic (exact) mass is 321 g/mol. The Balaban J connectivity index is 1.39. The second kappa shape index (κ2) is 8.24. The second-order valence-electron chi connectivity index (χ2n) is 5.93. The first-order valence-corrected chi connectivity index (χ1v) is 8.41. The standard InChI is InChI=1S/C19H23N5/c1-24(19-20-12-8-13-21-19)14-7-3-6-11-17-15-18(23-22-17)16-9-4-2-5-10-16/h2,4-5,8-10,12-13,15H,3,6-7,11,14H2,1H3,(H,22,23). The molecule has 0 radical (unpaired) electrons. The van der Waals surface area contributed by atoms with Crippen LogP contribution in [0.1, 0.15) is 25.0 Å². The van der Waals surface area contributed by atoms with Crippen LogP contribution in [-0.2, 0) is 6.42 Å². The Morgan fingerprint density at radius 1 is 0.958 bits per heavy atom. The Bertz CT molecular complexity index is 724. The van der Waals surface area contributed by atoms with E-state index in [2.05, 4.69) is 43.3 Å². The molecular weight excluding hydrogens is 298 g/mol. The number of nitrogens with one attached hydrogen (secondary N) is 1. The summed E-state index contributed by atoms with van der Waals surface area (Å²) in [5.74, 6) is 0.790. The molecule has 2 heterocycles. The lowest BCUT2D eigenvalue weighted by Gasteiger charge is -2.16. The molecule has 0 aliphatic rings. The van der Waals surface area contributed by atoms with E-state index in [0.29, 0.717) is 0 Å². The molecule has 24 heavy (non-hydrogen) atoms. The van der Waals surface area contributed by atoms with E-state index >= 15 is 0 Å². The zero-order chi connectivity index (χ0) is 16.6. The quantitative estimate of drug-likeness (QED) is 0.643. The van der Waals surface area contributed by atoms with E-state index in [1.165, 1.54) is 12.1 Å². The first-order valence-electron chi connectivity index (χ1n) is 8.41. The van der Waals surface area contributed by atoms with Crippen molar-refractivity contribution >= 4 is 5.95 Å². The van der Waals surface area contributed by atoms with Crippen molar-refractivity contribution in [1.82, 2.24) is 20.2 Å². The van der Waals surface area contributed by atoms with E-state index < -0.39 is 0 Å². The molecule has 0 unspecified atom stereocenters. The Kier molecular flexibility index (Phi) is 5.56. The summed E-state index contributed by atoms with van der Waals surface area (Å²) >= 11 is 0. The van der Waals surface area contributed by atoms with Crippen LogP contribution in [0.25, 0.3) is 11.3 Å². The second-order valence-corrected chi connectivity index (χ2v) is 5.93. The highest BCUT2D eigenvalue weighted by Crippen LogP contribution is 2.18. The van der Waals surface area contributed by atoms with E-state index in [1.54, 1.807) is 12.4 Å². The van der Waals surface area contributed by atoms with Crippen molar-refractivity contribution in [3.8, 4) is 11.3 Å². The Labute approximate surface area is 142 Å². The molecule has 0 spiro atoms. The summed E-state index contributed by atoms with van der Waals surface area (Å²) in [4.78, 5) is 10.6. The van der Waals surface area contributed by atoms with E-state index in [0.717, 1.165) is 43.0 Å². The van der Waals surface area contributed by atoms with E-state index in [-0.39, 0.29) is 0 Å². The number of hydrogen-bond donors (Lipinski definition) is 1. The maximum atomic E-state index is 4.40. The van der Waals surface area contributed by atoms with Crippen LogP contribution in [-0.4, -0.2) is 33.8 Å².